The van der Waals surface area contributed by atoms with Gasteiger partial charge in [0, 0.05) is 18.7 Å². The second kappa shape index (κ2) is 6.77. The van der Waals surface area contributed by atoms with Gasteiger partial charge in [0.2, 0.25) is 0 Å². The number of carboxylic acid groups (broad SMARTS) is 1. The summed E-state index contributed by atoms with van der Waals surface area (Å²) in [4.78, 5) is 14.1. The van der Waals surface area contributed by atoms with E-state index in [1.165, 1.54) is 10.8 Å². The highest BCUT2D eigenvalue weighted by molar-refractivity contribution is 5.86. The molecule has 25 heavy (non-hydrogen) atoms. The Bertz CT molecular complexity index is 761. The van der Waals surface area contributed by atoms with Crippen LogP contribution in [0.15, 0.2) is 42.5 Å². The van der Waals surface area contributed by atoms with Crippen LogP contribution in [0.1, 0.15) is 44.1 Å². The number of benzene rings is 2. The molecule has 0 radical (unpaired) electrons. The predicted octanol–water partition coefficient (Wildman–Crippen LogP) is 4.13. The van der Waals surface area contributed by atoms with Crippen LogP contribution in [-0.4, -0.2) is 35.2 Å². The van der Waals surface area contributed by atoms with Crippen LogP contribution in [0.2, 0.25) is 0 Å². The van der Waals surface area contributed by atoms with Gasteiger partial charge in [0.05, 0.1) is 0 Å². The smallest absolute Gasteiger partial charge is 0.321 e. The van der Waals surface area contributed by atoms with Gasteiger partial charge in [0.25, 0.3) is 0 Å². The van der Waals surface area contributed by atoms with E-state index >= 15 is 0 Å². The zero-order valence-electron chi connectivity index (χ0n) is 14.5. The van der Waals surface area contributed by atoms with Crippen LogP contribution in [-0.2, 0) is 15.3 Å². The minimum absolute atomic E-state index is 0.467. The largest absolute Gasteiger partial charge is 0.480 e. The second-order valence-electron chi connectivity index (χ2n) is 7.16. The highest BCUT2D eigenvalue weighted by Crippen LogP contribution is 2.44. The average Bonchev–Trinajstić information content (AvgIpc) is 2.68. The van der Waals surface area contributed by atoms with Crippen LogP contribution in [0.4, 0.5) is 0 Å². The molecule has 1 unspecified atom stereocenters. The van der Waals surface area contributed by atoms with Crippen molar-refractivity contribution >= 4 is 16.7 Å². The molecule has 2 aliphatic heterocycles. The number of hydrogen-bond acceptors (Lipinski definition) is 3. The maximum absolute atomic E-state index is 11.9. The summed E-state index contributed by atoms with van der Waals surface area (Å²) < 4.78 is 6.44. The third kappa shape index (κ3) is 2.83. The Balaban J connectivity index is 1.88. The fraction of sp³-hybridized carbons (Fsp3) is 0.476. The summed E-state index contributed by atoms with van der Waals surface area (Å²) in [5.74, 6) is -0.728. The summed E-state index contributed by atoms with van der Waals surface area (Å²) in [6, 6.07) is 14.2. The van der Waals surface area contributed by atoms with E-state index < -0.39 is 17.7 Å². The van der Waals surface area contributed by atoms with E-state index in [4.69, 9.17) is 4.74 Å². The Hall–Kier alpha value is -1.91. The Morgan fingerprint density at radius 2 is 1.92 bits per heavy atom. The maximum Gasteiger partial charge on any atom is 0.321 e. The molecule has 0 saturated carbocycles. The number of hydrogen-bond donors (Lipinski definition) is 1. The van der Waals surface area contributed by atoms with Gasteiger partial charge in [-0.05, 0) is 42.9 Å². The third-order valence-corrected chi connectivity index (χ3v) is 5.71. The molecule has 2 aromatic rings. The summed E-state index contributed by atoms with van der Waals surface area (Å²) in [6.45, 7) is 1.46. The number of carboxylic acids is 1. The first kappa shape index (κ1) is 16.6. The van der Waals surface area contributed by atoms with Crippen LogP contribution in [0.25, 0.3) is 10.8 Å². The third-order valence-electron chi connectivity index (χ3n) is 5.71. The first-order valence-electron chi connectivity index (χ1n) is 9.34. The average molecular weight is 339 g/mol. The number of fused-ring (bicyclic) bond motifs is 1. The molecule has 4 heteroatoms. The number of nitrogens with zero attached hydrogens (tertiary/aromatic N) is 1. The SMILES string of the molecule is O=C(O)[C@@H]1CCCCN1C1(c2cccc3ccccc23)CCCCO1. The lowest BCUT2D eigenvalue weighted by atomic mass is 9.85. The van der Waals surface area contributed by atoms with E-state index in [9.17, 15) is 9.90 Å². The van der Waals surface area contributed by atoms with Gasteiger partial charge in [-0.15, -0.1) is 0 Å². The molecular weight excluding hydrogens is 314 g/mol. The Morgan fingerprint density at radius 1 is 1.08 bits per heavy atom. The highest BCUT2D eigenvalue weighted by Gasteiger charge is 2.47. The van der Waals surface area contributed by atoms with Gasteiger partial charge in [-0.1, -0.05) is 48.9 Å². The summed E-state index contributed by atoms with van der Waals surface area (Å²) in [5, 5.41) is 12.2. The zero-order chi connectivity index (χ0) is 17.3. The fourth-order valence-electron chi connectivity index (χ4n) is 4.56. The van der Waals surface area contributed by atoms with Crippen molar-refractivity contribution in [2.75, 3.05) is 13.2 Å². The molecule has 2 aromatic carbocycles. The molecule has 132 valence electrons. The lowest BCUT2D eigenvalue weighted by Gasteiger charge is -2.50. The Kier molecular flexibility index (Phi) is 4.48. The molecule has 2 aliphatic rings. The van der Waals surface area contributed by atoms with Crippen LogP contribution in [0.5, 0.6) is 0 Å². The maximum atomic E-state index is 11.9. The minimum Gasteiger partial charge on any atom is -0.480 e. The molecule has 4 rings (SSSR count). The standard InChI is InChI=1S/C21H25NO3/c23-20(24)19-12-3-5-14-22(19)21(13-4-6-15-25-21)18-11-7-9-16-8-1-2-10-17(16)18/h1-2,7-11,19H,3-6,12-15H2,(H,23,24)/t19-,21?/m0/s1. The van der Waals surface area contributed by atoms with Gasteiger partial charge < -0.3 is 9.84 Å². The zero-order valence-corrected chi connectivity index (χ0v) is 14.5. The van der Waals surface area contributed by atoms with Gasteiger partial charge in [0.15, 0.2) is 0 Å². The molecule has 0 aliphatic carbocycles. The van der Waals surface area contributed by atoms with Crippen LogP contribution < -0.4 is 0 Å². The molecule has 0 bridgehead atoms. The number of ether oxygens (including phenoxy) is 1. The van der Waals surface area contributed by atoms with Gasteiger partial charge >= 0.3 is 5.97 Å². The van der Waals surface area contributed by atoms with Crippen molar-refractivity contribution in [3.8, 4) is 0 Å². The molecule has 1 N–H and O–H groups in total. The molecule has 0 amide bonds. The number of carbonyl (C=O) groups is 1. The van der Waals surface area contributed by atoms with Gasteiger partial charge in [-0.25, -0.2) is 0 Å². The molecule has 2 saturated heterocycles. The van der Waals surface area contributed by atoms with Crippen molar-refractivity contribution in [2.45, 2.75) is 50.3 Å². The van der Waals surface area contributed by atoms with Crippen LogP contribution >= 0.6 is 0 Å². The normalized spacial score (nSPS) is 28.1. The first-order valence-corrected chi connectivity index (χ1v) is 9.34. The van der Waals surface area contributed by atoms with E-state index in [1.54, 1.807) is 0 Å². The van der Waals surface area contributed by atoms with E-state index in [0.29, 0.717) is 13.0 Å². The first-order chi connectivity index (χ1) is 12.2. The van der Waals surface area contributed by atoms with E-state index in [-0.39, 0.29) is 0 Å². The molecule has 0 aromatic heterocycles. The molecule has 2 fully saturated rings. The predicted molar refractivity (Wildman–Crippen MR) is 97.4 cm³/mol. The second-order valence-corrected chi connectivity index (χ2v) is 7.16. The van der Waals surface area contributed by atoms with Crippen molar-refractivity contribution < 1.29 is 14.6 Å². The van der Waals surface area contributed by atoms with Gasteiger partial charge in [0.1, 0.15) is 11.8 Å². The molecule has 4 nitrogen and oxygen atoms in total. The minimum atomic E-state index is -0.728. The number of rotatable bonds is 3. The van der Waals surface area contributed by atoms with Crippen LogP contribution in [0.3, 0.4) is 0 Å². The summed E-state index contributed by atoms with van der Waals surface area (Å²) in [6.07, 6.45) is 5.65. The van der Waals surface area contributed by atoms with Crippen molar-refractivity contribution in [1.29, 1.82) is 0 Å². The lowest BCUT2D eigenvalue weighted by molar-refractivity contribution is -0.213. The van der Waals surface area contributed by atoms with Crippen LogP contribution in [0, 0.1) is 0 Å². The summed E-state index contributed by atoms with van der Waals surface area (Å²) >= 11 is 0. The van der Waals surface area contributed by atoms with Crippen molar-refractivity contribution in [3.63, 3.8) is 0 Å². The van der Waals surface area contributed by atoms with E-state index in [0.717, 1.165) is 44.2 Å². The number of aliphatic carboxylic acids is 1. The highest BCUT2D eigenvalue weighted by atomic mass is 16.5. The quantitative estimate of drug-likeness (QED) is 0.913. The summed E-state index contributed by atoms with van der Waals surface area (Å²) in [7, 11) is 0. The van der Waals surface area contributed by atoms with Crippen molar-refractivity contribution in [2.24, 2.45) is 0 Å². The van der Waals surface area contributed by atoms with Crippen molar-refractivity contribution in [3.05, 3.63) is 48.0 Å². The monoisotopic (exact) mass is 339 g/mol. The number of likely N-dealkylation sites (tertiary alicyclic amines) is 1. The fourth-order valence-corrected chi connectivity index (χ4v) is 4.56. The molecule has 2 atom stereocenters. The molecular formula is C21H25NO3. The molecule has 2 heterocycles. The number of piperidine rings is 1. The van der Waals surface area contributed by atoms with Gasteiger partial charge in [-0.2, -0.15) is 0 Å². The topological polar surface area (TPSA) is 49.8 Å². The lowest BCUT2D eigenvalue weighted by Crippen LogP contribution is -2.58. The van der Waals surface area contributed by atoms with Crippen molar-refractivity contribution in [1.82, 2.24) is 4.90 Å². The summed E-state index contributed by atoms with van der Waals surface area (Å²) in [5.41, 5.74) is 0.501. The van der Waals surface area contributed by atoms with Gasteiger partial charge in [-0.3, -0.25) is 9.69 Å². The Morgan fingerprint density at radius 3 is 2.72 bits per heavy atom. The molecule has 0 spiro atoms. The van der Waals surface area contributed by atoms with E-state index in [2.05, 4.69) is 35.2 Å². The van der Waals surface area contributed by atoms with E-state index in [1.807, 2.05) is 12.1 Å². The Labute approximate surface area is 148 Å².